The number of nitrogens with zero attached hydrogens (tertiary/aromatic N) is 4. The summed E-state index contributed by atoms with van der Waals surface area (Å²) in [6.07, 6.45) is 1.80. The standard InChI is InChI=1S/C19H21N5O/c1-15(19(25)22-17-7-5-16(14-20)6-8-17)23-10-12-24(13-11-23)18-4-2-3-9-21-18/h2-9,15H,10-13H2,1H3,(H,22,25)/t15-/m1/s1. The number of piperazine rings is 1. The fourth-order valence-corrected chi connectivity index (χ4v) is 2.92. The van der Waals surface area contributed by atoms with Crippen LogP contribution < -0.4 is 10.2 Å². The lowest BCUT2D eigenvalue weighted by atomic mass is 10.2. The molecular formula is C19H21N5O. The summed E-state index contributed by atoms with van der Waals surface area (Å²) in [5.74, 6) is 0.952. The fourth-order valence-electron chi connectivity index (χ4n) is 2.92. The lowest BCUT2D eigenvalue weighted by Gasteiger charge is -2.37. The van der Waals surface area contributed by atoms with Crippen LogP contribution in [0.3, 0.4) is 0 Å². The zero-order chi connectivity index (χ0) is 17.6. The van der Waals surface area contributed by atoms with E-state index in [0.717, 1.165) is 32.0 Å². The Morgan fingerprint density at radius 2 is 1.88 bits per heavy atom. The summed E-state index contributed by atoms with van der Waals surface area (Å²) in [7, 11) is 0. The number of nitrogens with one attached hydrogen (secondary N) is 1. The molecule has 1 atom stereocenters. The molecule has 1 aliphatic heterocycles. The summed E-state index contributed by atoms with van der Waals surface area (Å²) in [6, 6.07) is 14.7. The number of rotatable bonds is 4. The largest absolute Gasteiger partial charge is 0.354 e. The lowest BCUT2D eigenvalue weighted by molar-refractivity contribution is -0.120. The first kappa shape index (κ1) is 16.9. The Bertz CT molecular complexity index is 746. The number of hydrogen-bond donors (Lipinski definition) is 1. The number of nitriles is 1. The smallest absolute Gasteiger partial charge is 0.241 e. The Hall–Kier alpha value is -2.91. The highest BCUT2D eigenvalue weighted by molar-refractivity contribution is 5.94. The van der Waals surface area contributed by atoms with Gasteiger partial charge in [-0.1, -0.05) is 6.07 Å². The molecule has 2 aromatic rings. The van der Waals surface area contributed by atoms with Crippen LogP contribution in [0.1, 0.15) is 12.5 Å². The number of benzene rings is 1. The molecule has 0 radical (unpaired) electrons. The van der Waals surface area contributed by atoms with Crippen molar-refractivity contribution in [3.8, 4) is 6.07 Å². The summed E-state index contributed by atoms with van der Waals surface area (Å²) in [4.78, 5) is 21.3. The Kier molecular flexibility index (Phi) is 5.26. The molecule has 6 heteroatoms. The van der Waals surface area contributed by atoms with Crippen molar-refractivity contribution in [3.63, 3.8) is 0 Å². The molecule has 1 fully saturated rings. The molecule has 1 aliphatic rings. The molecule has 1 N–H and O–H groups in total. The van der Waals surface area contributed by atoms with E-state index in [1.807, 2.05) is 25.1 Å². The number of carbonyl (C=O) groups excluding carboxylic acids is 1. The monoisotopic (exact) mass is 335 g/mol. The van der Waals surface area contributed by atoms with E-state index in [2.05, 4.69) is 26.2 Å². The van der Waals surface area contributed by atoms with Gasteiger partial charge in [-0.2, -0.15) is 5.26 Å². The third kappa shape index (κ3) is 4.14. The molecule has 0 aliphatic carbocycles. The normalized spacial score (nSPS) is 16.1. The second-order valence-corrected chi connectivity index (χ2v) is 6.07. The minimum Gasteiger partial charge on any atom is -0.354 e. The Morgan fingerprint density at radius 1 is 1.16 bits per heavy atom. The molecule has 0 unspecified atom stereocenters. The third-order valence-electron chi connectivity index (χ3n) is 4.50. The van der Waals surface area contributed by atoms with Gasteiger partial charge in [-0.3, -0.25) is 9.69 Å². The van der Waals surface area contributed by atoms with Gasteiger partial charge in [-0.25, -0.2) is 4.98 Å². The van der Waals surface area contributed by atoms with Crippen molar-refractivity contribution >= 4 is 17.4 Å². The molecule has 1 aromatic heterocycles. The molecule has 128 valence electrons. The van der Waals surface area contributed by atoms with Gasteiger partial charge in [0.15, 0.2) is 0 Å². The second-order valence-electron chi connectivity index (χ2n) is 6.07. The SMILES string of the molecule is C[C@H](C(=O)Nc1ccc(C#N)cc1)N1CCN(c2ccccn2)CC1. The zero-order valence-electron chi connectivity index (χ0n) is 14.2. The van der Waals surface area contributed by atoms with Crippen molar-refractivity contribution in [2.24, 2.45) is 0 Å². The van der Waals surface area contributed by atoms with Crippen LogP contribution in [-0.4, -0.2) is 48.0 Å². The first-order valence-electron chi connectivity index (χ1n) is 8.38. The number of amides is 1. The predicted molar refractivity (Wildman–Crippen MR) is 97.3 cm³/mol. The quantitative estimate of drug-likeness (QED) is 0.926. The third-order valence-corrected chi connectivity index (χ3v) is 4.50. The van der Waals surface area contributed by atoms with Crippen LogP contribution >= 0.6 is 0 Å². The van der Waals surface area contributed by atoms with Crippen LogP contribution in [0.25, 0.3) is 0 Å². The topological polar surface area (TPSA) is 72.3 Å². The number of aromatic nitrogens is 1. The van der Waals surface area contributed by atoms with E-state index in [1.54, 1.807) is 30.5 Å². The first-order chi connectivity index (χ1) is 12.2. The van der Waals surface area contributed by atoms with Crippen molar-refractivity contribution in [2.45, 2.75) is 13.0 Å². The lowest BCUT2D eigenvalue weighted by Crippen LogP contribution is -2.53. The molecule has 1 aromatic carbocycles. The molecule has 0 saturated carbocycles. The van der Waals surface area contributed by atoms with Crippen LogP contribution in [0.4, 0.5) is 11.5 Å². The summed E-state index contributed by atoms with van der Waals surface area (Å²) in [6.45, 7) is 5.27. The minimum atomic E-state index is -0.207. The van der Waals surface area contributed by atoms with Crippen molar-refractivity contribution in [1.29, 1.82) is 5.26 Å². The Morgan fingerprint density at radius 3 is 2.48 bits per heavy atom. The molecule has 1 amide bonds. The van der Waals surface area contributed by atoms with Gasteiger partial charge >= 0.3 is 0 Å². The summed E-state index contributed by atoms with van der Waals surface area (Å²) in [5.41, 5.74) is 1.29. The molecule has 1 saturated heterocycles. The summed E-state index contributed by atoms with van der Waals surface area (Å²) >= 11 is 0. The van der Waals surface area contributed by atoms with Crippen LogP contribution in [0.5, 0.6) is 0 Å². The van der Waals surface area contributed by atoms with Crippen LogP contribution in [0.15, 0.2) is 48.7 Å². The molecule has 0 spiro atoms. The van der Waals surface area contributed by atoms with Gasteiger partial charge in [0.25, 0.3) is 0 Å². The maximum Gasteiger partial charge on any atom is 0.241 e. The van der Waals surface area contributed by atoms with E-state index in [4.69, 9.17) is 5.26 Å². The fraction of sp³-hybridized carbons (Fsp3) is 0.316. The van der Waals surface area contributed by atoms with Crippen LogP contribution in [0.2, 0.25) is 0 Å². The molecular weight excluding hydrogens is 314 g/mol. The van der Waals surface area contributed by atoms with E-state index in [1.165, 1.54) is 0 Å². The van der Waals surface area contributed by atoms with Gasteiger partial charge in [0, 0.05) is 38.1 Å². The van der Waals surface area contributed by atoms with Gasteiger partial charge in [0.2, 0.25) is 5.91 Å². The predicted octanol–water partition coefficient (Wildman–Crippen LogP) is 2.10. The average Bonchev–Trinajstić information content (AvgIpc) is 2.69. The van der Waals surface area contributed by atoms with Crippen molar-refractivity contribution in [2.75, 3.05) is 36.4 Å². The minimum absolute atomic E-state index is 0.0315. The van der Waals surface area contributed by atoms with E-state index in [9.17, 15) is 4.79 Å². The van der Waals surface area contributed by atoms with Crippen LogP contribution in [0, 0.1) is 11.3 Å². The van der Waals surface area contributed by atoms with E-state index >= 15 is 0 Å². The second kappa shape index (κ2) is 7.77. The molecule has 2 heterocycles. The highest BCUT2D eigenvalue weighted by Crippen LogP contribution is 2.15. The van der Waals surface area contributed by atoms with E-state index in [-0.39, 0.29) is 11.9 Å². The Balaban J connectivity index is 1.54. The van der Waals surface area contributed by atoms with Crippen molar-refractivity contribution in [3.05, 3.63) is 54.2 Å². The van der Waals surface area contributed by atoms with E-state index in [0.29, 0.717) is 11.3 Å². The number of anilines is 2. The van der Waals surface area contributed by atoms with Gasteiger partial charge < -0.3 is 10.2 Å². The number of carbonyl (C=O) groups is 1. The van der Waals surface area contributed by atoms with Gasteiger partial charge in [-0.15, -0.1) is 0 Å². The van der Waals surface area contributed by atoms with Crippen molar-refractivity contribution < 1.29 is 4.79 Å². The van der Waals surface area contributed by atoms with Gasteiger partial charge in [0.1, 0.15) is 5.82 Å². The number of pyridine rings is 1. The summed E-state index contributed by atoms with van der Waals surface area (Å²) in [5, 5.41) is 11.7. The average molecular weight is 335 g/mol. The summed E-state index contributed by atoms with van der Waals surface area (Å²) < 4.78 is 0. The Labute approximate surface area is 147 Å². The molecule has 25 heavy (non-hydrogen) atoms. The van der Waals surface area contributed by atoms with Crippen LogP contribution in [-0.2, 0) is 4.79 Å². The maximum atomic E-state index is 12.5. The zero-order valence-corrected chi connectivity index (χ0v) is 14.2. The van der Waals surface area contributed by atoms with Gasteiger partial charge in [0.05, 0.1) is 17.7 Å². The first-order valence-corrected chi connectivity index (χ1v) is 8.38. The highest BCUT2D eigenvalue weighted by atomic mass is 16.2. The molecule has 6 nitrogen and oxygen atoms in total. The maximum absolute atomic E-state index is 12.5. The van der Waals surface area contributed by atoms with Crippen molar-refractivity contribution in [1.82, 2.24) is 9.88 Å². The molecule has 0 bridgehead atoms. The number of hydrogen-bond acceptors (Lipinski definition) is 5. The van der Waals surface area contributed by atoms with Gasteiger partial charge in [-0.05, 0) is 43.3 Å². The molecule has 3 rings (SSSR count). The van der Waals surface area contributed by atoms with E-state index < -0.39 is 0 Å². The highest BCUT2D eigenvalue weighted by Gasteiger charge is 2.26.